The van der Waals surface area contributed by atoms with E-state index in [-0.39, 0.29) is 0 Å². The first-order chi connectivity index (χ1) is 7.84. The SMILES string of the molecule is COC1C=c2c(C)cn(C)c2=CC1C(F)(F)F. The van der Waals surface area contributed by atoms with Crippen LogP contribution in [0.4, 0.5) is 13.2 Å². The van der Waals surface area contributed by atoms with E-state index in [0.717, 1.165) is 10.8 Å². The molecule has 0 saturated heterocycles. The topological polar surface area (TPSA) is 14.2 Å². The predicted octanol–water partition coefficient (Wildman–Crippen LogP) is 1.10. The second kappa shape index (κ2) is 3.91. The highest BCUT2D eigenvalue weighted by atomic mass is 19.4. The average molecular weight is 245 g/mol. The molecule has 17 heavy (non-hydrogen) atoms. The quantitative estimate of drug-likeness (QED) is 0.722. The van der Waals surface area contributed by atoms with Gasteiger partial charge < -0.3 is 9.30 Å². The number of nitrogens with zero attached hydrogens (tertiary/aromatic N) is 1. The third-order valence-corrected chi connectivity index (χ3v) is 3.14. The van der Waals surface area contributed by atoms with Crippen molar-refractivity contribution in [3.63, 3.8) is 0 Å². The van der Waals surface area contributed by atoms with Crippen molar-refractivity contribution in [1.29, 1.82) is 0 Å². The maximum Gasteiger partial charge on any atom is 0.398 e. The smallest absolute Gasteiger partial charge is 0.376 e. The Morgan fingerprint density at radius 3 is 2.47 bits per heavy atom. The molecule has 1 heterocycles. The molecule has 1 aromatic rings. The van der Waals surface area contributed by atoms with Gasteiger partial charge in [0.1, 0.15) is 5.92 Å². The van der Waals surface area contributed by atoms with E-state index >= 15 is 0 Å². The van der Waals surface area contributed by atoms with Crippen LogP contribution in [0.2, 0.25) is 0 Å². The fraction of sp³-hybridized carbons (Fsp3) is 0.500. The molecule has 1 aromatic heterocycles. The molecule has 0 amide bonds. The van der Waals surface area contributed by atoms with Gasteiger partial charge in [-0.1, -0.05) is 0 Å². The van der Waals surface area contributed by atoms with Crippen molar-refractivity contribution in [2.24, 2.45) is 13.0 Å². The van der Waals surface area contributed by atoms with E-state index in [1.807, 2.05) is 13.1 Å². The number of aromatic nitrogens is 1. The van der Waals surface area contributed by atoms with Gasteiger partial charge in [-0.25, -0.2) is 0 Å². The first-order valence-electron chi connectivity index (χ1n) is 5.29. The highest BCUT2D eigenvalue weighted by Gasteiger charge is 2.44. The first kappa shape index (κ1) is 12.2. The van der Waals surface area contributed by atoms with Gasteiger partial charge in [0.25, 0.3) is 0 Å². The largest absolute Gasteiger partial charge is 0.398 e. The van der Waals surface area contributed by atoms with Gasteiger partial charge in [0, 0.05) is 30.9 Å². The molecule has 0 aliphatic heterocycles. The Hall–Kier alpha value is -1.23. The minimum atomic E-state index is -4.28. The summed E-state index contributed by atoms with van der Waals surface area (Å²) in [4.78, 5) is 0. The number of methoxy groups -OCH3 is 1. The van der Waals surface area contributed by atoms with Crippen molar-refractivity contribution in [3.8, 4) is 0 Å². The van der Waals surface area contributed by atoms with Gasteiger partial charge in [0.2, 0.25) is 0 Å². The van der Waals surface area contributed by atoms with Crippen molar-refractivity contribution in [3.05, 3.63) is 22.3 Å². The van der Waals surface area contributed by atoms with Gasteiger partial charge in [-0.15, -0.1) is 0 Å². The van der Waals surface area contributed by atoms with E-state index in [0.29, 0.717) is 5.35 Å². The van der Waals surface area contributed by atoms with Gasteiger partial charge in [-0.3, -0.25) is 0 Å². The highest BCUT2D eigenvalue weighted by Crippen LogP contribution is 2.32. The molecule has 0 N–H and O–H groups in total. The molecular formula is C12H14F3NO. The van der Waals surface area contributed by atoms with Crippen LogP contribution in [0.1, 0.15) is 5.56 Å². The third kappa shape index (κ3) is 1.99. The van der Waals surface area contributed by atoms with E-state index < -0.39 is 18.2 Å². The molecule has 0 fully saturated rings. The Kier molecular flexibility index (Phi) is 2.81. The lowest BCUT2D eigenvalue weighted by Gasteiger charge is -2.25. The number of fused-ring (bicyclic) bond motifs is 1. The van der Waals surface area contributed by atoms with Crippen LogP contribution in [-0.2, 0) is 11.8 Å². The number of aryl methyl sites for hydroxylation is 2. The number of rotatable bonds is 1. The van der Waals surface area contributed by atoms with E-state index in [1.54, 1.807) is 17.7 Å². The summed E-state index contributed by atoms with van der Waals surface area (Å²) in [6.45, 7) is 1.88. The maximum absolute atomic E-state index is 12.9. The zero-order chi connectivity index (χ0) is 12.8. The molecule has 0 saturated carbocycles. The van der Waals surface area contributed by atoms with Gasteiger partial charge in [-0.05, 0) is 24.6 Å². The minimum Gasteiger partial charge on any atom is -0.376 e. The Morgan fingerprint density at radius 1 is 1.29 bits per heavy atom. The van der Waals surface area contributed by atoms with Gasteiger partial charge >= 0.3 is 6.18 Å². The van der Waals surface area contributed by atoms with Gasteiger partial charge in [0.15, 0.2) is 0 Å². The molecule has 2 atom stereocenters. The number of ether oxygens (including phenoxy) is 1. The predicted molar refractivity (Wildman–Crippen MR) is 58.7 cm³/mol. The lowest BCUT2D eigenvalue weighted by atomic mass is 9.95. The van der Waals surface area contributed by atoms with Crippen LogP contribution >= 0.6 is 0 Å². The van der Waals surface area contributed by atoms with E-state index in [1.165, 1.54) is 13.2 Å². The summed E-state index contributed by atoms with van der Waals surface area (Å²) in [5, 5.41) is 1.44. The minimum absolute atomic E-state index is 0.609. The average Bonchev–Trinajstić information content (AvgIpc) is 2.51. The summed E-state index contributed by atoms with van der Waals surface area (Å²) in [5.74, 6) is -1.58. The summed E-state index contributed by atoms with van der Waals surface area (Å²) in [5.41, 5.74) is 0.960. The summed E-state index contributed by atoms with van der Waals surface area (Å²) in [6.07, 6.45) is -0.598. The Morgan fingerprint density at radius 2 is 1.94 bits per heavy atom. The van der Waals surface area contributed by atoms with Crippen molar-refractivity contribution in [2.75, 3.05) is 7.11 Å². The van der Waals surface area contributed by atoms with Gasteiger partial charge in [-0.2, -0.15) is 13.2 Å². The number of hydrogen-bond donors (Lipinski definition) is 0. The molecule has 94 valence electrons. The van der Waals surface area contributed by atoms with Gasteiger partial charge in [0.05, 0.1) is 6.10 Å². The van der Waals surface area contributed by atoms with Crippen LogP contribution in [0.15, 0.2) is 6.20 Å². The van der Waals surface area contributed by atoms with Crippen molar-refractivity contribution < 1.29 is 17.9 Å². The summed E-state index contributed by atoms with van der Waals surface area (Å²) >= 11 is 0. The number of alkyl halides is 3. The Labute approximate surface area is 97.0 Å². The lowest BCUT2D eigenvalue weighted by molar-refractivity contribution is -0.175. The molecule has 0 aromatic carbocycles. The molecule has 1 aliphatic carbocycles. The molecule has 0 bridgehead atoms. The monoisotopic (exact) mass is 245 g/mol. The van der Waals surface area contributed by atoms with Crippen molar-refractivity contribution in [1.82, 2.24) is 4.57 Å². The van der Waals surface area contributed by atoms with Crippen LogP contribution in [0.5, 0.6) is 0 Å². The van der Waals surface area contributed by atoms with Crippen molar-refractivity contribution in [2.45, 2.75) is 19.2 Å². The maximum atomic E-state index is 12.9. The summed E-state index contributed by atoms with van der Waals surface area (Å²) in [7, 11) is 3.05. The summed E-state index contributed by atoms with van der Waals surface area (Å²) in [6, 6.07) is 0. The fourth-order valence-corrected chi connectivity index (χ4v) is 2.27. The number of hydrogen-bond acceptors (Lipinski definition) is 1. The second-order valence-electron chi connectivity index (χ2n) is 4.32. The second-order valence-corrected chi connectivity index (χ2v) is 4.32. The van der Waals surface area contributed by atoms with Crippen LogP contribution in [-0.4, -0.2) is 24.0 Å². The molecule has 0 spiro atoms. The van der Waals surface area contributed by atoms with Crippen LogP contribution in [0, 0.1) is 12.8 Å². The lowest BCUT2D eigenvalue weighted by Crippen LogP contribution is -2.43. The Bertz CT molecular complexity index is 541. The first-order valence-corrected chi connectivity index (χ1v) is 5.29. The van der Waals surface area contributed by atoms with Crippen LogP contribution in [0.25, 0.3) is 12.2 Å². The highest BCUT2D eigenvalue weighted by molar-refractivity contribution is 5.46. The molecule has 1 aliphatic rings. The third-order valence-electron chi connectivity index (χ3n) is 3.14. The van der Waals surface area contributed by atoms with Crippen molar-refractivity contribution >= 4 is 12.2 Å². The van der Waals surface area contributed by atoms with Crippen LogP contribution < -0.4 is 10.6 Å². The summed E-state index contributed by atoms with van der Waals surface area (Å²) < 4.78 is 45.3. The molecule has 2 unspecified atom stereocenters. The molecule has 2 rings (SSSR count). The molecule has 0 radical (unpaired) electrons. The zero-order valence-electron chi connectivity index (χ0n) is 9.88. The number of halogens is 3. The van der Waals surface area contributed by atoms with E-state index in [9.17, 15) is 13.2 Å². The van der Waals surface area contributed by atoms with E-state index in [4.69, 9.17) is 4.74 Å². The fourth-order valence-electron chi connectivity index (χ4n) is 2.27. The van der Waals surface area contributed by atoms with Crippen LogP contribution in [0.3, 0.4) is 0 Å². The van der Waals surface area contributed by atoms with E-state index in [2.05, 4.69) is 0 Å². The Balaban J connectivity index is 2.65. The zero-order valence-corrected chi connectivity index (χ0v) is 9.88. The molecule has 5 heteroatoms. The standard InChI is InChI=1S/C12H14F3NO/c1-7-6-16(2)10-5-9(12(13,14)15)11(17-3)4-8(7)10/h4-6,9,11H,1-3H3. The molecular weight excluding hydrogens is 231 g/mol. The molecule has 2 nitrogen and oxygen atoms in total. The normalized spacial score (nSPS) is 23.9.